The van der Waals surface area contributed by atoms with Gasteiger partial charge in [-0.1, -0.05) is 61.5 Å². The Kier molecular flexibility index (Phi) is 13.0. The van der Waals surface area contributed by atoms with Gasteiger partial charge >= 0.3 is 0 Å². The number of carbonyl (C=O) groups is 4. The molecule has 5 aromatic rings. The topological polar surface area (TPSA) is 158 Å². The average Bonchev–Trinajstić information content (AvgIpc) is 3.45. The molecule has 2 atom stereocenters. The zero-order valence-electron chi connectivity index (χ0n) is 32.6. The zero-order chi connectivity index (χ0) is 41.2. The van der Waals surface area contributed by atoms with Gasteiger partial charge in [-0.2, -0.15) is 0 Å². The number of aliphatic hydroxyl groups excluding tert-OH is 1. The van der Waals surface area contributed by atoms with Crippen LogP contribution in [0.15, 0.2) is 133 Å². The first-order valence-electron chi connectivity index (χ1n) is 18.8. The Balaban J connectivity index is 1.25. The van der Waals surface area contributed by atoms with E-state index in [1.165, 1.54) is 12.0 Å². The van der Waals surface area contributed by atoms with Crippen LogP contribution in [0.4, 0.5) is 17.1 Å². The maximum absolute atomic E-state index is 14.5. The van der Waals surface area contributed by atoms with Gasteiger partial charge in [-0.15, -0.1) is 0 Å². The van der Waals surface area contributed by atoms with Crippen LogP contribution in [-0.4, -0.2) is 66.1 Å². The summed E-state index contributed by atoms with van der Waals surface area (Å²) in [5.74, 6) is -1.13. The van der Waals surface area contributed by atoms with Crippen LogP contribution in [0.3, 0.4) is 0 Å². The van der Waals surface area contributed by atoms with Crippen molar-refractivity contribution in [1.82, 2.24) is 4.90 Å². The van der Waals surface area contributed by atoms with E-state index in [1.54, 1.807) is 116 Å². The fraction of sp³-hybridized carbons (Fsp3) is 0.217. The number of nitrogens with zero attached hydrogens (tertiary/aromatic N) is 2. The van der Waals surface area contributed by atoms with Crippen molar-refractivity contribution in [3.8, 4) is 11.5 Å². The summed E-state index contributed by atoms with van der Waals surface area (Å²) in [5.41, 5.74) is 1.95. The van der Waals surface area contributed by atoms with E-state index in [9.17, 15) is 29.4 Å². The first-order chi connectivity index (χ1) is 28.0. The minimum Gasteiger partial charge on any atom is -0.497 e. The Morgan fingerprint density at radius 2 is 1.36 bits per heavy atom. The Morgan fingerprint density at radius 1 is 0.776 bits per heavy atom. The molecule has 12 heteroatoms. The minimum absolute atomic E-state index is 0.0228. The minimum atomic E-state index is -2.08. The lowest BCUT2D eigenvalue weighted by Crippen LogP contribution is -2.44. The van der Waals surface area contributed by atoms with E-state index in [4.69, 9.17) is 9.47 Å². The monoisotopic (exact) mass is 782 g/mol. The molecule has 298 valence electrons. The number of fused-ring (bicyclic) bond motifs is 1. The number of aliphatic hydroxyl groups is 2. The molecule has 0 bridgehead atoms. The van der Waals surface area contributed by atoms with Gasteiger partial charge in [-0.25, -0.2) is 0 Å². The smallest absolute Gasteiger partial charge is 0.264 e. The van der Waals surface area contributed by atoms with E-state index in [-0.39, 0.29) is 43.5 Å². The van der Waals surface area contributed by atoms with Crippen LogP contribution in [0, 0.1) is 5.92 Å². The van der Waals surface area contributed by atoms with Crippen molar-refractivity contribution in [2.24, 2.45) is 5.92 Å². The predicted molar refractivity (Wildman–Crippen MR) is 222 cm³/mol. The normalized spacial score (nSPS) is 15.1. The maximum atomic E-state index is 14.5. The van der Waals surface area contributed by atoms with E-state index in [1.807, 2.05) is 36.4 Å². The molecule has 1 aliphatic rings. The number of rotatable bonds is 16. The quantitative estimate of drug-likeness (QED) is 0.0822. The third kappa shape index (κ3) is 9.26. The van der Waals surface area contributed by atoms with Crippen LogP contribution in [0.1, 0.15) is 50.8 Å². The van der Waals surface area contributed by atoms with Gasteiger partial charge in [-0.3, -0.25) is 19.2 Å². The summed E-state index contributed by atoms with van der Waals surface area (Å²) in [4.78, 5) is 57.1. The van der Waals surface area contributed by atoms with Crippen LogP contribution >= 0.6 is 0 Å². The molecule has 0 aromatic heterocycles. The summed E-state index contributed by atoms with van der Waals surface area (Å²) in [7, 11) is 3.09. The summed E-state index contributed by atoms with van der Waals surface area (Å²) in [6.45, 7) is 2.03. The molecule has 5 aromatic carbocycles. The summed E-state index contributed by atoms with van der Waals surface area (Å²) in [6, 6.07) is 34.8. The number of methoxy groups -OCH3 is 2. The molecule has 0 aliphatic carbocycles. The Labute approximate surface area is 337 Å². The predicted octanol–water partition coefficient (Wildman–Crippen LogP) is 6.55. The summed E-state index contributed by atoms with van der Waals surface area (Å²) in [5, 5.41) is 27.9. The van der Waals surface area contributed by atoms with E-state index in [0.29, 0.717) is 51.8 Å². The van der Waals surface area contributed by atoms with Gasteiger partial charge in [0.05, 0.1) is 33.1 Å². The zero-order valence-corrected chi connectivity index (χ0v) is 32.6. The average molecular weight is 783 g/mol. The molecule has 58 heavy (non-hydrogen) atoms. The molecule has 0 fully saturated rings. The molecular weight excluding hydrogens is 737 g/mol. The molecular formula is C46H46N4O8. The van der Waals surface area contributed by atoms with Crippen molar-refractivity contribution < 1.29 is 38.9 Å². The van der Waals surface area contributed by atoms with Crippen molar-refractivity contribution in [3.05, 3.63) is 161 Å². The lowest BCUT2D eigenvalue weighted by atomic mass is 9.82. The van der Waals surface area contributed by atoms with Crippen LogP contribution in [0.5, 0.6) is 11.5 Å². The second kappa shape index (κ2) is 18.5. The number of hydrogen-bond donors (Lipinski definition) is 4. The fourth-order valence-electron chi connectivity index (χ4n) is 6.86. The number of ether oxygens (including phenoxy) is 2. The number of benzene rings is 5. The van der Waals surface area contributed by atoms with Gasteiger partial charge in [0.15, 0.2) is 5.60 Å². The number of hydrogen-bond acceptors (Lipinski definition) is 8. The number of anilines is 3. The second-order valence-electron chi connectivity index (χ2n) is 13.9. The molecule has 4 N–H and O–H groups in total. The SMILES string of the molecule is COc1ccc(C(=O)Nc2cccc(CN3C(=O)[C@](O)([C@H](C)/C=C/CC(=O)N(CCO)Cc4ccccc4)c4cc(NC(=O)c5ccc(OC)cc5)ccc43)c2)cc1. The van der Waals surface area contributed by atoms with Crippen molar-refractivity contribution >= 4 is 40.7 Å². The van der Waals surface area contributed by atoms with E-state index < -0.39 is 23.3 Å². The Morgan fingerprint density at radius 3 is 1.95 bits per heavy atom. The van der Waals surface area contributed by atoms with Crippen molar-refractivity contribution in [3.63, 3.8) is 0 Å². The third-order valence-corrected chi connectivity index (χ3v) is 10.1. The molecule has 0 saturated heterocycles. The highest BCUT2D eigenvalue weighted by atomic mass is 16.5. The highest BCUT2D eigenvalue weighted by molar-refractivity contribution is 6.09. The lowest BCUT2D eigenvalue weighted by molar-refractivity contribution is -0.139. The lowest BCUT2D eigenvalue weighted by Gasteiger charge is -2.28. The molecule has 6 rings (SSSR count). The fourth-order valence-corrected chi connectivity index (χ4v) is 6.86. The van der Waals surface area contributed by atoms with Crippen LogP contribution < -0.4 is 25.0 Å². The summed E-state index contributed by atoms with van der Waals surface area (Å²) in [6.07, 6.45) is 3.24. The maximum Gasteiger partial charge on any atom is 0.264 e. The van der Waals surface area contributed by atoms with Gasteiger partial charge in [0.25, 0.3) is 17.7 Å². The van der Waals surface area contributed by atoms with E-state index in [0.717, 1.165) is 5.56 Å². The number of carbonyl (C=O) groups excluding carboxylic acids is 4. The van der Waals surface area contributed by atoms with Crippen molar-refractivity contribution in [1.29, 1.82) is 0 Å². The van der Waals surface area contributed by atoms with Crippen LogP contribution in [0.25, 0.3) is 0 Å². The molecule has 0 unspecified atom stereocenters. The molecule has 0 spiro atoms. The van der Waals surface area contributed by atoms with Crippen molar-refractivity contribution in [2.45, 2.75) is 32.0 Å². The standard InChI is InChI=1S/C46H46N4O8/c1-31(9-7-14-42(52)49(25-26-51)29-32-10-5-4-6-11-32)46(56)40-28-37(48-44(54)35-17-22-39(58-3)23-18-35)19-24-41(40)50(45(46)55)30-33-12-8-13-36(27-33)47-43(53)34-15-20-38(57-2)21-16-34/h4-13,15-24,27-28,31,51,56H,14,25-26,29-30H2,1-3H3,(H,47,53)(H,48,54)/b9-7+/t31-,46+/m1/s1. The van der Waals surface area contributed by atoms with Gasteiger partial charge in [0.1, 0.15) is 11.5 Å². The molecule has 1 aliphatic heterocycles. The highest BCUT2D eigenvalue weighted by Gasteiger charge is 2.52. The van der Waals surface area contributed by atoms with Gasteiger partial charge in [-0.05, 0) is 90.0 Å². The largest absolute Gasteiger partial charge is 0.497 e. The number of nitrogens with one attached hydrogen (secondary N) is 2. The Hall–Kier alpha value is -6.76. The molecule has 1 heterocycles. The van der Waals surface area contributed by atoms with Gasteiger partial charge in [0.2, 0.25) is 5.91 Å². The summed E-state index contributed by atoms with van der Waals surface area (Å²) >= 11 is 0. The summed E-state index contributed by atoms with van der Waals surface area (Å²) < 4.78 is 10.4. The van der Waals surface area contributed by atoms with Crippen LogP contribution in [0.2, 0.25) is 0 Å². The first-order valence-corrected chi connectivity index (χ1v) is 18.8. The second-order valence-corrected chi connectivity index (χ2v) is 13.9. The van der Waals surface area contributed by atoms with Gasteiger partial charge < -0.3 is 40.1 Å². The Bertz CT molecular complexity index is 2280. The highest BCUT2D eigenvalue weighted by Crippen LogP contribution is 2.47. The molecule has 0 radical (unpaired) electrons. The van der Waals surface area contributed by atoms with Crippen molar-refractivity contribution in [2.75, 3.05) is 42.9 Å². The van der Waals surface area contributed by atoms with Crippen LogP contribution in [-0.2, 0) is 28.3 Å². The molecule has 0 saturated carbocycles. The van der Waals surface area contributed by atoms with E-state index >= 15 is 0 Å². The first kappa shape index (κ1) is 40.9. The molecule has 4 amide bonds. The van der Waals surface area contributed by atoms with Gasteiger partial charge in [0, 0.05) is 53.5 Å². The third-order valence-electron chi connectivity index (χ3n) is 10.1. The molecule has 12 nitrogen and oxygen atoms in total. The van der Waals surface area contributed by atoms with E-state index in [2.05, 4.69) is 10.6 Å². The number of amides is 4.